The van der Waals surface area contributed by atoms with E-state index < -0.39 is 9.84 Å². The zero-order valence-corrected chi connectivity index (χ0v) is 12.6. The Kier molecular flexibility index (Phi) is 3.98. The molecule has 1 unspecified atom stereocenters. The van der Waals surface area contributed by atoms with E-state index in [0.717, 1.165) is 0 Å². The van der Waals surface area contributed by atoms with Gasteiger partial charge in [-0.2, -0.15) is 15.0 Å². The fraction of sp³-hybridized carbons (Fsp3) is 0.727. The van der Waals surface area contributed by atoms with E-state index in [4.69, 9.17) is 10.5 Å². The second-order valence-electron chi connectivity index (χ2n) is 5.11. The molecule has 2 N–H and O–H groups in total. The van der Waals surface area contributed by atoms with E-state index in [0.29, 0.717) is 12.4 Å². The normalized spacial score (nSPS) is 21.1. The summed E-state index contributed by atoms with van der Waals surface area (Å²) in [5.74, 6) is 0.682. The summed E-state index contributed by atoms with van der Waals surface area (Å²) in [6.07, 6.45) is 0.479. The van der Waals surface area contributed by atoms with Crippen molar-refractivity contribution < 1.29 is 13.2 Å². The average Bonchev–Trinajstić information content (AvgIpc) is 2.67. The molecular formula is C11H19N5O3S. The minimum Gasteiger partial charge on any atom is -0.461 e. The third-order valence-corrected chi connectivity index (χ3v) is 4.78. The van der Waals surface area contributed by atoms with E-state index in [1.807, 2.05) is 13.8 Å². The predicted octanol–water partition coefficient (Wildman–Crippen LogP) is -0.136. The molecule has 0 saturated carbocycles. The fourth-order valence-corrected chi connectivity index (χ4v) is 3.80. The summed E-state index contributed by atoms with van der Waals surface area (Å²) < 4.78 is 28.5. The van der Waals surface area contributed by atoms with Crippen molar-refractivity contribution in [1.29, 1.82) is 0 Å². The van der Waals surface area contributed by atoms with Crippen molar-refractivity contribution in [3.63, 3.8) is 0 Å². The maximum absolute atomic E-state index is 11.5. The molecule has 2 heterocycles. The molecule has 0 amide bonds. The van der Waals surface area contributed by atoms with E-state index in [2.05, 4.69) is 15.0 Å². The first-order valence-electron chi connectivity index (χ1n) is 6.38. The molecule has 0 aromatic carbocycles. The lowest BCUT2D eigenvalue weighted by Gasteiger charge is -2.23. The van der Waals surface area contributed by atoms with Crippen LogP contribution in [0, 0.1) is 0 Å². The van der Waals surface area contributed by atoms with Gasteiger partial charge in [-0.05, 0) is 20.3 Å². The van der Waals surface area contributed by atoms with Gasteiger partial charge in [0.05, 0.1) is 17.6 Å². The molecule has 8 nitrogen and oxygen atoms in total. The van der Waals surface area contributed by atoms with Crippen molar-refractivity contribution >= 4 is 21.7 Å². The fourth-order valence-electron chi connectivity index (χ4n) is 2.03. The molecule has 0 radical (unpaired) electrons. The Labute approximate surface area is 118 Å². The Hall–Kier alpha value is -1.64. The second kappa shape index (κ2) is 5.39. The van der Waals surface area contributed by atoms with Crippen LogP contribution < -0.4 is 15.4 Å². The van der Waals surface area contributed by atoms with Gasteiger partial charge in [0.15, 0.2) is 9.84 Å². The summed E-state index contributed by atoms with van der Waals surface area (Å²) in [5.41, 5.74) is 5.64. The highest BCUT2D eigenvalue weighted by Gasteiger charge is 2.32. The van der Waals surface area contributed by atoms with Gasteiger partial charge in [-0.25, -0.2) is 8.42 Å². The van der Waals surface area contributed by atoms with Crippen LogP contribution in [0.3, 0.4) is 0 Å². The molecule has 0 bridgehead atoms. The van der Waals surface area contributed by atoms with Gasteiger partial charge in [0, 0.05) is 13.1 Å². The molecule has 2 rings (SSSR count). The monoisotopic (exact) mass is 301 g/mol. The standard InChI is InChI=1S/C11H19N5O3S/c1-7(2)19-11-14-9(12)13-10(15-11)16(3)8-4-5-20(17,18)6-8/h7-8H,4-6H2,1-3H3,(H2,12,13,14,15). The lowest BCUT2D eigenvalue weighted by Crippen LogP contribution is -2.34. The molecule has 112 valence electrons. The van der Waals surface area contributed by atoms with Gasteiger partial charge in [0.2, 0.25) is 11.9 Å². The Morgan fingerprint density at radius 1 is 1.35 bits per heavy atom. The van der Waals surface area contributed by atoms with E-state index in [-0.39, 0.29) is 35.6 Å². The third-order valence-electron chi connectivity index (χ3n) is 3.03. The van der Waals surface area contributed by atoms with Crippen LogP contribution in [-0.2, 0) is 9.84 Å². The van der Waals surface area contributed by atoms with E-state index >= 15 is 0 Å². The second-order valence-corrected chi connectivity index (χ2v) is 7.34. The molecule has 0 spiro atoms. The van der Waals surface area contributed by atoms with Gasteiger partial charge >= 0.3 is 6.01 Å². The Morgan fingerprint density at radius 3 is 2.60 bits per heavy atom. The van der Waals surface area contributed by atoms with Gasteiger partial charge in [0.25, 0.3) is 0 Å². The highest BCUT2D eigenvalue weighted by molar-refractivity contribution is 7.91. The molecule has 20 heavy (non-hydrogen) atoms. The van der Waals surface area contributed by atoms with Gasteiger partial charge in [-0.1, -0.05) is 0 Å². The van der Waals surface area contributed by atoms with Crippen molar-refractivity contribution in [1.82, 2.24) is 15.0 Å². The minimum absolute atomic E-state index is 0.0540. The van der Waals surface area contributed by atoms with Crippen molar-refractivity contribution in [3.8, 4) is 6.01 Å². The van der Waals surface area contributed by atoms with Crippen LogP contribution in [0.25, 0.3) is 0 Å². The first-order valence-corrected chi connectivity index (χ1v) is 8.20. The van der Waals surface area contributed by atoms with E-state index in [1.54, 1.807) is 11.9 Å². The zero-order valence-electron chi connectivity index (χ0n) is 11.8. The molecule has 1 aliphatic rings. The molecule has 1 aromatic heterocycles. The van der Waals surface area contributed by atoms with E-state index in [1.165, 1.54) is 0 Å². The summed E-state index contributed by atoms with van der Waals surface area (Å²) >= 11 is 0. The minimum atomic E-state index is -2.96. The Bertz CT molecular complexity index is 590. The number of ether oxygens (including phenoxy) is 1. The Balaban J connectivity index is 2.21. The van der Waals surface area contributed by atoms with Crippen molar-refractivity contribution in [3.05, 3.63) is 0 Å². The summed E-state index contributed by atoms with van der Waals surface area (Å²) in [7, 11) is -1.21. The molecule has 1 aromatic rings. The number of rotatable bonds is 4. The largest absolute Gasteiger partial charge is 0.461 e. The number of nitrogens with two attached hydrogens (primary N) is 1. The van der Waals surface area contributed by atoms with Crippen LogP contribution >= 0.6 is 0 Å². The molecular weight excluding hydrogens is 282 g/mol. The van der Waals surface area contributed by atoms with Crippen LogP contribution in [0.15, 0.2) is 0 Å². The SMILES string of the molecule is CC(C)Oc1nc(N)nc(N(C)C2CCS(=O)(=O)C2)n1. The van der Waals surface area contributed by atoms with Crippen LogP contribution in [0.5, 0.6) is 6.01 Å². The number of sulfone groups is 1. The van der Waals surface area contributed by atoms with Crippen LogP contribution in [0.4, 0.5) is 11.9 Å². The Morgan fingerprint density at radius 2 is 2.05 bits per heavy atom. The van der Waals surface area contributed by atoms with Crippen molar-refractivity contribution in [2.24, 2.45) is 0 Å². The first-order chi connectivity index (χ1) is 9.27. The lowest BCUT2D eigenvalue weighted by molar-refractivity contribution is 0.222. The van der Waals surface area contributed by atoms with Gasteiger partial charge in [0.1, 0.15) is 0 Å². The maximum Gasteiger partial charge on any atom is 0.323 e. The van der Waals surface area contributed by atoms with Crippen LogP contribution in [0.2, 0.25) is 0 Å². The van der Waals surface area contributed by atoms with Crippen LogP contribution in [0.1, 0.15) is 20.3 Å². The highest BCUT2D eigenvalue weighted by atomic mass is 32.2. The average molecular weight is 301 g/mol. The smallest absolute Gasteiger partial charge is 0.323 e. The molecule has 1 fully saturated rings. The van der Waals surface area contributed by atoms with Gasteiger partial charge in [-0.15, -0.1) is 0 Å². The number of nitrogen functional groups attached to an aromatic ring is 1. The summed E-state index contributed by atoms with van der Waals surface area (Å²) in [5, 5.41) is 0. The number of aromatic nitrogens is 3. The summed E-state index contributed by atoms with van der Waals surface area (Å²) in [6, 6.07) is 0.00361. The molecule has 1 atom stereocenters. The molecule has 9 heteroatoms. The summed E-state index contributed by atoms with van der Waals surface area (Å²) in [6.45, 7) is 3.71. The van der Waals surface area contributed by atoms with Crippen molar-refractivity contribution in [2.75, 3.05) is 29.2 Å². The third kappa shape index (κ3) is 3.47. The van der Waals surface area contributed by atoms with Crippen molar-refractivity contribution in [2.45, 2.75) is 32.4 Å². The topological polar surface area (TPSA) is 111 Å². The van der Waals surface area contributed by atoms with Gasteiger partial charge < -0.3 is 15.4 Å². The molecule has 0 aliphatic carbocycles. The number of nitrogens with zero attached hydrogens (tertiary/aromatic N) is 4. The number of hydrogen-bond donors (Lipinski definition) is 1. The molecule has 1 aliphatic heterocycles. The predicted molar refractivity (Wildman–Crippen MR) is 75.5 cm³/mol. The molecule has 1 saturated heterocycles. The first kappa shape index (κ1) is 14.8. The quantitative estimate of drug-likeness (QED) is 0.818. The number of anilines is 2. The zero-order chi connectivity index (χ0) is 14.9. The van der Waals surface area contributed by atoms with Crippen LogP contribution in [-0.4, -0.2) is 54.1 Å². The van der Waals surface area contributed by atoms with E-state index in [9.17, 15) is 8.42 Å². The van der Waals surface area contributed by atoms with Gasteiger partial charge in [-0.3, -0.25) is 0 Å². The highest BCUT2D eigenvalue weighted by Crippen LogP contribution is 2.21. The number of hydrogen-bond acceptors (Lipinski definition) is 8. The lowest BCUT2D eigenvalue weighted by atomic mass is 10.2. The summed E-state index contributed by atoms with van der Waals surface area (Å²) in [4.78, 5) is 13.8. The maximum atomic E-state index is 11.5.